The third kappa shape index (κ3) is 4.89. The summed E-state index contributed by atoms with van der Waals surface area (Å²) in [7, 11) is 0. The van der Waals surface area contributed by atoms with Crippen LogP contribution in [0.2, 0.25) is 0 Å². The number of alkyl halides is 3. The summed E-state index contributed by atoms with van der Waals surface area (Å²) < 4.78 is 44.6. The second kappa shape index (κ2) is 8.01. The van der Waals surface area contributed by atoms with Gasteiger partial charge >= 0.3 is 6.18 Å². The van der Waals surface area contributed by atoms with Crippen LogP contribution in [0.25, 0.3) is 11.3 Å². The number of nitrogens with one attached hydrogen (secondary N) is 1. The molecule has 1 amide bonds. The van der Waals surface area contributed by atoms with Crippen molar-refractivity contribution in [2.75, 3.05) is 5.32 Å². The van der Waals surface area contributed by atoms with E-state index in [1.165, 1.54) is 6.07 Å². The summed E-state index contributed by atoms with van der Waals surface area (Å²) in [6.45, 7) is 3.21. The van der Waals surface area contributed by atoms with E-state index in [0.717, 1.165) is 17.8 Å². The van der Waals surface area contributed by atoms with Crippen LogP contribution in [-0.2, 0) is 11.0 Å². The summed E-state index contributed by atoms with van der Waals surface area (Å²) in [5.74, 6) is 0.287. The Morgan fingerprint density at radius 2 is 1.89 bits per heavy atom. The number of carbonyl (C=O) groups is 1. The highest BCUT2D eigenvalue weighted by Crippen LogP contribution is 2.33. The molecule has 0 saturated carbocycles. The Hall–Kier alpha value is -2.88. The summed E-state index contributed by atoms with van der Waals surface area (Å²) in [6, 6.07) is 10.9. The number of halogens is 3. The van der Waals surface area contributed by atoms with Gasteiger partial charge in [0.15, 0.2) is 11.0 Å². The van der Waals surface area contributed by atoms with Crippen molar-refractivity contribution < 1.29 is 22.5 Å². The third-order valence-corrected chi connectivity index (χ3v) is 4.56. The molecular weight excluding hydrogens is 393 g/mol. The van der Waals surface area contributed by atoms with E-state index in [0.29, 0.717) is 11.3 Å². The molecule has 6 nitrogen and oxygen atoms in total. The molecule has 0 saturated heterocycles. The van der Waals surface area contributed by atoms with Crippen molar-refractivity contribution in [2.45, 2.75) is 30.4 Å². The number of anilines is 1. The number of aromatic nitrogens is 3. The molecule has 0 spiro atoms. The highest BCUT2D eigenvalue weighted by molar-refractivity contribution is 8.00. The standard InChI is InChI=1S/C18H15F3N4O2S/c1-10-8-15(25-27-10)24-16(26)11(2)28-17-22-13(12-6-4-3-5-7-12)9-14(23-17)18(19,20)21/h3-9,11H,1-2H3,(H,24,25,26). The average Bonchev–Trinajstić information content (AvgIpc) is 3.06. The summed E-state index contributed by atoms with van der Waals surface area (Å²) in [5.41, 5.74) is -0.416. The Morgan fingerprint density at radius 1 is 1.18 bits per heavy atom. The molecule has 0 radical (unpaired) electrons. The van der Waals surface area contributed by atoms with Crippen LogP contribution < -0.4 is 5.32 Å². The van der Waals surface area contributed by atoms with Gasteiger partial charge in [0.05, 0.1) is 10.9 Å². The highest BCUT2D eigenvalue weighted by atomic mass is 32.2. The predicted molar refractivity (Wildman–Crippen MR) is 97.7 cm³/mol. The van der Waals surface area contributed by atoms with E-state index in [2.05, 4.69) is 20.4 Å². The largest absolute Gasteiger partial charge is 0.433 e. The van der Waals surface area contributed by atoms with E-state index in [-0.39, 0.29) is 16.7 Å². The fourth-order valence-corrected chi connectivity index (χ4v) is 3.03. The molecule has 10 heteroatoms. The zero-order chi connectivity index (χ0) is 20.3. The lowest BCUT2D eigenvalue weighted by atomic mass is 10.1. The van der Waals surface area contributed by atoms with Crippen molar-refractivity contribution in [3.05, 3.63) is 53.9 Å². The Labute approximate surface area is 162 Å². The van der Waals surface area contributed by atoms with Crippen molar-refractivity contribution in [1.82, 2.24) is 15.1 Å². The lowest BCUT2D eigenvalue weighted by molar-refractivity contribution is -0.141. The van der Waals surface area contributed by atoms with Gasteiger partial charge in [-0.2, -0.15) is 13.2 Å². The topological polar surface area (TPSA) is 80.9 Å². The van der Waals surface area contributed by atoms with Crippen LogP contribution in [0.4, 0.5) is 19.0 Å². The molecule has 2 aromatic heterocycles. The van der Waals surface area contributed by atoms with E-state index in [4.69, 9.17) is 4.52 Å². The molecule has 3 aromatic rings. The molecular formula is C18H15F3N4O2S. The molecule has 0 bridgehead atoms. The first kappa shape index (κ1) is 19.9. The Bertz CT molecular complexity index is 976. The van der Waals surface area contributed by atoms with E-state index < -0.39 is 23.0 Å². The second-order valence-corrected chi connectivity index (χ2v) is 7.16. The molecule has 28 heavy (non-hydrogen) atoms. The van der Waals surface area contributed by atoms with Crippen molar-refractivity contribution in [3.8, 4) is 11.3 Å². The molecule has 0 aliphatic heterocycles. The van der Waals surface area contributed by atoms with Gasteiger partial charge in [0, 0.05) is 11.6 Å². The monoisotopic (exact) mass is 408 g/mol. The maximum absolute atomic E-state index is 13.3. The minimum absolute atomic E-state index is 0.130. The summed E-state index contributed by atoms with van der Waals surface area (Å²) in [4.78, 5) is 20.0. The van der Waals surface area contributed by atoms with Crippen LogP contribution in [0.3, 0.4) is 0 Å². The van der Waals surface area contributed by atoms with Crippen LogP contribution in [0, 0.1) is 6.92 Å². The maximum atomic E-state index is 13.3. The van der Waals surface area contributed by atoms with Gasteiger partial charge in [0.25, 0.3) is 0 Å². The Balaban J connectivity index is 1.84. The van der Waals surface area contributed by atoms with Gasteiger partial charge in [-0.3, -0.25) is 4.79 Å². The van der Waals surface area contributed by atoms with Crippen LogP contribution in [0.1, 0.15) is 18.4 Å². The fourth-order valence-electron chi connectivity index (χ4n) is 2.24. The quantitative estimate of drug-likeness (QED) is 0.492. The van der Waals surface area contributed by atoms with Gasteiger partial charge < -0.3 is 9.84 Å². The lowest BCUT2D eigenvalue weighted by Gasteiger charge is -2.13. The Morgan fingerprint density at radius 3 is 2.50 bits per heavy atom. The first-order valence-electron chi connectivity index (χ1n) is 8.15. The maximum Gasteiger partial charge on any atom is 0.433 e. The molecule has 1 N–H and O–H groups in total. The number of benzene rings is 1. The number of thioether (sulfide) groups is 1. The highest BCUT2D eigenvalue weighted by Gasteiger charge is 2.34. The molecule has 2 heterocycles. The number of aryl methyl sites for hydroxylation is 1. The first-order valence-corrected chi connectivity index (χ1v) is 9.03. The smallest absolute Gasteiger partial charge is 0.360 e. The van der Waals surface area contributed by atoms with Crippen LogP contribution in [0.5, 0.6) is 0 Å². The molecule has 1 atom stereocenters. The number of rotatable bonds is 5. The SMILES string of the molecule is Cc1cc(NC(=O)C(C)Sc2nc(-c3ccccc3)cc(C(F)(F)F)n2)no1. The number of hydrogen-bond acceptors (Lipinski definition) is 6. The number of nitrogens with zero attached hydrogens (tertiary/aromatic N) is 3. The molecule has 0 fully saturated rings. The van der Waals surface area contributed by atoms with E-state index in [9.17, 15) is 18.0 Å². The minimum atomic E-state index is -4.63. The van der Waals surface area contributed by atoms with E-state index in [1.807, 2.05) is 0 Å². The number of amides is 1. The van der Waals surface area contributed by atoms with Gasteiger partial charge in [-0.05, 0) is 19.9 Å². The van der Waals surface area contributed by atoms with Crippen molar-refractivity contribution >= 4 is 23.5 Å². The predicted octanol–water partition coefficient (Wildman–Crippen LogP) is 4.58. The summed E-state index contributed by atoms with van der Waals surface area (Å²) in [5, 5.41) is 5.27. The zero-order valence-electron chi connectivity index (χ0n) is 14.8. The van der Waals surface area contributed by atoms with Crippen LogP contribution in [0.15, 0.2) is 52.1 Å². The summed E-state index contributed by atoms with van der Waals surface area (Å²) in [6.07, 6.45) is -4.63. The average molecular weight is 408 g/mol. The number of carbonyl (C=O) groups excluding carboxylic acids is 1. The fraction of sp³-hybridized carbons (Fsp3) is 0.222. The molecule has 1 aromatic carbocycles. The van der Waals surface area contributed by atoms with Gasteiger partial charge in [0.1, 0.15) is 11.5 Å². The minimum Gasteiger partial charge on any atom is -0.360 e. The van der Waals surface area contributed by atoms with Crippen molar-refractivity contribution in [3.63, 3.8) is 0 Å². The zero-order valence-corrected chi connectivity index (χ0v) is 15.6. The lowest BCUT2D eigenvalue weighted by Crippen LogP contribution is -2.23. The molecule has 3 rings (SSSR count). The van der Waals surface area contributed by atoms with Gasteiger partial charge in [0.2, 0.25) is 5.91 Å². The van der Waals surface area contributed by atoms with E-state index >= 15 is 0 Å². The van der Waals surface area contributed by atoms with Crippen LogP contribution in [-0.4, -0.2) is 26.3 Å². The molecule has 0 aliphatic carbocycles. The molecule has 0 aliphatic rings. The van der Waals surface area contributed by atoms with Crippen molar-refractivity contribution in [2.24, 2.45) is 0 Å². The van der Waals surface area contributed by atoms with Gasteiger partial charge in [-0.25, -0.2) is 9.97 Å². The summed E-state index contributed by atoms with van der Waals surface area (Å²) >= 11 is 0.824. The van der Waals surface area contributed by atoms with Gasteiger partial charge in [-0.15, -0.1) is 0 Å². The Kier molecular flexibility index (Phi) is 5.68. The van der Waals surface area contributed by atoms with Crippen LogP contribution >= 0.6 is 11.8 Å². The van der Waals surface area contributed by atoms with Crippen molar-refractivity contribution in [1.29, 1.82) is 0 Å². The normalized spacial score (nSPS) is 12.6. The second-order valence-electron chi connectivity index (χ2n) is 5.86. The first-order chi connectivity index (χ1) is 13.2. The van der Waals surface area contributed by atoms with E-state index in [1.54, 1.807) is 44.2 Å². The molecule has 1 unspecified atom stereocenters. The molecule has 146 valence electrons. The van der Waals surface area contributed by atoms with Gasteiger partial charge in [-0.1, -0.05) is 47.3 Å². The number of hydrogen-bond donors (Lipinski definition) is 1. The third-order valence-electron chi connectivity index (χ3n) is 3.60.